The molecule has 2 aromatic rings. The highest BCUT2D eigenvalue weighted by Gasteiger charge is 2.29. The molecule has 1 fully saturated rings. The smallest absolute Gasteiger partial charge is 0.231 e. The second-order valence-corrected chi connectivity index (χ2v) is 5.57. The fourth-order valence-corrected chi connectivity index (χ4v) is 3.22. The summed E-state index contributed by atoms with van der Waals surface area (Å²) >= 11 is 6.24. The second-order valence-electron chi connectivity index (χ2n) is 5.16. The van der Waals surface area contributed by atoms with E-state index in [2.05, 4.69) is 27.0 Å². The largest absolute Gasteiger partial charge is 0.454 e. The Kier molecular flexibility index (Phi) is 3.07. The van der Waals surface area contributed by atoms with Crippen LogP contribution in [0.15, 0.2) is 30.7 Å². The molecule has 1 aromatic carbocycles. The van der Waals surface area contributed by atoms with Gasteiger partial charge in [-0.2, -0.15) is 0 Å². The number of ether oxygens (including phenoxy) is 2. The summed E-state index contributed by atoms with van der Waals surface area (Å²) in [6.45, 7) is 1.24. The van der Waals surface area contributed by atoms with Crippen molar-refractivity contribution in [1.82, 2.24) is 9.97 Å². The molecule has 6 heteroatoms. The standard InChI is InChI=1S/C15H14ClN3O2/c16-11-7-17-8-18-15(11)19-5-1-2-12(19)10-3-4-13-14(6-10)21-9-20-13/h3-4,6-8,12H,1-2,5,9H2. The Bertz CT molecular complexity index is 680. The number of hydrogen-bond acceptors (Lipinski definition) is 5. The Balaban J connectivity index is 1.69. The maximum absolute atomic E-state index is 6.24. The van der Waals surface area contributed by atoms with Crippen molar-refractivity contribution in [2.24, 2.45) is 0 Å². The van der Waals surface area contributed by atoms with Gasteiger partial charge in [0.05, 0.1) is 12.2 Å². The molecule has 0 N–H and O–H groups in total. The lowest BCUT2D eigenvalue weighted by Gasteiger charge is -2.26. The summed E-state index contributed by atoms with van der Waals surface area (Å²) in [6, 6.07) is 6.37. The summed E-state index contributed by atoms with van der Waals surface area (Å²) in [6.07, 6.45) is 5.36. The van der Waals surface area contributed by atoms with Crippen LogP contribution in [0.25, 0.3) is 0 Å². The summed E-state index contributed by atoms with van der Waals surface area (Å²) in [5.41, 5.74) is 1.20. The van der Waals surface area contributed by atoms with Gasteiger partial charge in [-0.25, -0.2) is 9.97 Å². The first-order chi connectivity index (χ1) is 10.3. The molecule has 2 aliphatic heterocycles. The van der Waals surface area contributed by atoms with Gasteiger partial charge < -0.3 is 14.4 Å². The molecule has 108 valence electrons. The van der Waals surface area contributed by atoms with E-state index in [0.29, 0.717) is 11.8 Å². The van der Waals surface area contributed by atoms with Gasteiger partial charge in [-0.05, 0) is 30.5 Å². The fourth-order valence-electron chi connectivity index (χ4n) is 3.00. The number of aromatic nitrogens is 2. The van der Waals surface area contributed by atoms with Gasteiger partial charge in [-0.15, -0.1) is 0 Å². The number of rotatable bonds is 2. The van der Waals surface area contributed by atoms with E-state index in [1.807, 2.05) is 6.07 Å². The van der Waals surface area contributed by atoms with E-state index < -0.39 is 0 Å². The average Bonchev–Trinajstić information content (AvgIpc) is 3.15. The average molecular weight is 304 g/mol. The van der Waals surface area contributed by atoms with Gasteiger partial charge in [-0.1, -0.05) is 17.7 Å². The van der Waals surface area contributed by atoms with E-state index in [4.69, 9.17) is 21.1 Å². The van der Waals surface area contributed by atoms with Crippen molar-refractivity contribution >= 4 is 17.4 Å². The van der Waals surface area contributed by atoms with Crippen molar-refractivity contribution in [2.75, 3.05) is 18.2 Å². The molecule has 1 atom stereocenters. The molecular formula is C15H14ClN3O2. The Morgan fingerprint density at radius 1 is 1.24 bits per heavy atom. The van der Waals surface area contributed by atoms with Crippen LogP contribution < -0.4 is 14.4 Å². The maximum Gasteiger partial charge on any atom is 0.231 e. The molecule has 1 aromatic heterocycles. The van der Waals surface area contributed by atoms with Crippen LogP contribution in [-0.2, 0) is 0 Å². The molecule has 0 aliphatic carbocycles. The van der Waals surface area contributed by atoms with Crippen LogP contribution in [0.4, 0.5) is 5.82 Å². The zero-order valence-corrected chi connectivity index (χ0v) is 12.1. The van der Waals surface area contributed by atoms with E-state index in [0.717, 1.165) is 36.7 Å². The predicted octanol–water partition coefficient (Wildman–Crippen LogP) is 3.20. The van der Waals surface area contributed by atoms with Crippen molar-refractivity contribution in [2.45, 2.75) is 18.9 Å². The summed E-state index contributed by atoms with van der Waals surface area (Å²) in [5.74, 6) is 2.42. The van der Waals surface area contributed by atoms with Gasteiger partial charge in [0.1, 0.15) is 11.3 Å². The van der Waals surface area contributed by atoms with E-state index in [1.165, 1.54) is 11.9 Å². The molecular weight excluding hydrogens is 290 g/mol. The lowest BCUT2D eigenvalue weighted by atomic mass is 10.0. The van der Waals surface area contributed by atoms with Gasteiger partial charge >= 0.3 is 0 Å². The van der Waals surface area contributed by atoms with E-state index in [9.17, 15) is 0 Å². The van der Waals surface area contributed by atoms with E-state index in [1.54, 1.807) is 6.20 Å². The number of anilines is 1. The monoisotopic (exact) mass is 303 g/mol. The normalized spacial score (nSPS) is 20.0. The van der Waals surface area contributed by atoms with Crippen molar-refractivity contribution in [3.8, 4) is 11.5 Å². The summed E-state index contributed by atoms with van der Waals surface area (Å²) in [4.78, 5) is 10.5. The molecule has 2 aliphatic rings. The number of nitrogens with zero attached hydrogens (tertiary/aromatic N) is 3. The van der Waals surface area contributed by atoms with Gasteiger partial charge in [0, 0.05) is 6.54 Å². The SMILES string of the molecule is Clc1cncnc1N1CCCC1c1ccc2c(c1)OCO2. The molecule has 4 rings (SSSR count). The summed E-state index contributed by atoms with van der Waals surface area (Å²) in [5, 5.41) is 0.588. The molecule has 1 saturated heterocycles. The quantitative estimate of drug-likeness (QED) is 0.852. The van der Waals surface area contributed by atoms with Crippen LogP contribution in [-0.4, -0.2) is 23.3 Å². The molecule has 0 bridgehead atoms. The van der Waals surface area contributed by atoms with Crippen LogP contribution in [0.1, 0.15) is 24.4 Å². The molecule has 3 heterocycles. The Hall–Kier alpha value is -2.01. The Morgan fingerprint density at radius 2 is 2.14 bits per heavy atom. The van der Waals surface area contributed by atoms with Gasteiger partial charge in [0.2, 0.25) is 6.79 Å². The lowest BCUT2D eigenvalue weighted by Crippen LogP contribution is -2.23. The first-order valence-corrected chi connectivity index (χ1v) is 7.32. The second kappa shape index (κ2) is 5.07. The van der Waals surface area contributed by atoms with E-state index >= 15 is 0 Å². The van der Waals surface area contributed by atoms with Crippen LogP contribution >= 0.6 is 11.6 Å². The topological polar surface area (TPSA) is 47.5 Å². The summed E-state index contributed by atoms with van der Waals surface area (Å²) < 4.78 is 10.8. The van der Waals surface area contributed by atoms with Gasteiger partial charge in [-0.3, -0.25) is 0 Å². The minimum atomic E-state index is 0.256. The van der Waals surface area contributed by atoms with Gasteiger partial charge in [0.15, 0.2) is 17.3 Å². The fraction of sp³-hybridized carbons (Fsp3) is 0.333. The first kappa shape index (κ1) is 12.7. The zero-order valence-electron chi connectivity index (χ0n) is 11.3. The van der Waals surface area contributed by atoms with E-state index in [-0.39, 0.29) is 6.04 Å². The van der Waals surface area contributed by atoms with Crippen molar-refractivity contribution in [1.29, 1.82) is 0 Å². The predicted molar refractivity (Wildman–Crippen MR) is 78.9 cm³/mol. The number of benzene rings is 1. The van der Waals surface area contributed by atoms with Gasteiger partial charge in [0.25, 0.3) is 0 Å². The molecule has 21 heavy (non-hydrogen) atoms. The number of hydrogen-bond donors (Lipinski definition) is 0. The van der Waals surface area contributed by atoms with Crippen LogP contribution in [0.2, 0.25) is 5.02 Å². The number of fused-ring (bicyclic) bond motifs is 1. The third-order valence-electron chi connectivity index (χ3n) is 3.95. The molecule has 0 spiro atoms. The van der Waals surface area contributed by atoms with Crippen LogP contribution in [0, 0.1) is 0 Å². The first-order valence-electron chi connectivity index (χ1n) is 6.94. The third-order valence-corrected chi connectivity index (χ3v) is 4.22. The zero-order chi connectivity index (χ0) is 14.2. The molecule has 0 amide bonds. The summed E-state index contributed by atoms with van der Waals surface area (Å²) in [7, 11) is 0. The van der Waals surface area contributed by atoms with Crippen LogP contribution in [0.5, 0.6) is 11.5 Å². The number of halogens is 1. The lowest BCUT2D eigenvalue weighted by molar-refractivity contribution is 0.174. The Morgan fingerprint density at radius 3 is 3.05 bits per heavy atom. The highest BCUT2D eigenvalue weighted by molar-refractivity contribution is 6.32. The van der Waals surface area contributed by atoms with Crippen LogP contribution in [0.3, 0.4) is 0 Å². The minimum Gasteiger partial charge on any atom is -0.454 e. The van der Waals surface area contributed by atoms with Crippen molar-refractivity contribution in [3.05, 3.63) is 41.3 Å². The Labute approximate surface area is 127 Å². The third kappa shape index (κ3) is 2.17. The highest BCUT2D eigenvalue weighted by atomic mass is 35.5. The minimum absolute atomic E-state index is 0.256. The van der Waals surface area contributed by atoms with Crippen molar-refractivity contribution < 1.29 is 9.47 Å². The molecule has 0 saturated carbocycles. The molecule has 0 radical (unpaired) electrons. The molecule has 1 unspecified atom stereocenters. The molecule has 5 nitrogen and oxygen atoms in total. The maximum atomic E-state index is 6.24. The van der Waals surface area contributed by atoms with Crippen molar-refractivity contribution in [3.63, 3.8) is 0 Å². The highest BCUT2D eigenvalue weighted by Crippen LogP contribution is 2.41.